The van der Waals surface area contributed by atoms with E-state index in [4.69, 9.17) is 11.6 Å². The van der Waals surface area contributed by atoms with Gasteiger partial charge >= 0.3 is 0 Å². The molecular formula is C14H19BrClN. The molecule has 1 saturated heterocycles. The third-order valence-electron chi connectivity index (χ3n) is 3.49. The van der Waals surface area contributed by atoms with E-state index >= 15 is 0 Å². The van der Waals surface area contributed by atoms with Crippen LogP contribution in [0.4, 0.5) is 0 Å². The first-order valence-corrected chi connectivity index (χ1v) is 7.52. The second-order valence-corrected chi connectivity index (χ2v) is 6.29. The molecule has 94 valence electrons. The molecular weight excluding hydrogens is 298 g/mol. The maximum Gasteiger partial charge on any atom is 0.0449 e. The summed E-state index contributed by atoms with van der Waals surface area (Å²) in [5, 5.41) is 4.54. The van der Waals surface area contributed by atoms with Gasteiger partial charge in [-0.2, -0.15) is 0 Å². The van der Waals surface area contributed by atoms with E-state index in [1.54, 1.807) is 0 Å². The molecule has 2 rings (SSSR count). The molecule has 3 heteroatoms. The zero-order valence-corrected chi connectivity index (χ0v) is 12.5. The van der Waals surface area contributed by atoms with Crippen molar-refractivity contribution in [1.29, 1.82) is 0 Å². The zero-order valence-electron chi connectivity index (χ0n) is 10.2. The van der Waals surface area contributed by atoms with Crippen LogP contribution < -0.4 is 5.32 Å². The number of rotatable bonds is 3. The van der Waals surface area contributed by atoms with Gasteiger partial charge in [0.1, 0.15) is 0 Å². The van der Waals surface area contributed by atoms with Gasteiger partial charge in [-0.3, -0.25) is 0 Å². The van der Waals surface area contributed by atoms with Crippen LogP contribution in [0.5, 0.6) is 0 Å². The van der Waals surface area contributed by atoms with Gasteiger partial charge in [-0.1, -0.05) is 40.0 Å². The van der Waals surface area contributed by atoms with Crippen molar-refractivity contribution in [3.05, 3.63) is 33.3 Å². The van der Waals surface area contributed by atoms with Crippen LogP contribution in [0, 0.1) is 0 Å². The molecule has 0 radical (unpaired) electrons. The largest absolute Gasteiger partial charge is 0.311 e. The number of hydrogen-bond acceptors (Lipinski definition) is 1. The summed E-state index contributed by atoms with van der Waals surface area (Å²) < 4.78 is 1.05. The summed E-state index contributed by atoms with van der Waals surface area (Å²) in [6.07, 6.45) is 6.23. The van der Waals surface area contributed by atoms with Crippen LogP contribution in [-0.2, 0) is 6.42 Å². The van der Waals surface area contributed by atoms with E-state index in [-0.39, 0.29) is 0 Å². The monoisotopic (exact) mass is 315 g/mol. The van der Waals surface area contributed by atoms with Gasteiger partial charge < -0.3 is 5.32 Å². The summed E-state index contributed by atoms with van der Waals surface area (Å²) in [5.41, 5.74) is 1.26. The lowest BCUT2D eigenvalue weighted by Gasteiger charge is -2.28. The van der Waals surface area contributed by atoms with E-state index in [0.717, 1.165) is 15.9 Å². The van der Waals surface area contributed by atoms with E-state index in [2.05, 4.69) is 40.3 Å². The SMILES string of the molecule is CC1CCCC(CCc2ccc(Br)cc2Cl)N1. The molecule has 1 aromatic rings. The van der Waals surface area contributed by atoms with Crippen LogP contribution in [0.25, 0.3) is 0 Å². The summed E-state index contributed by atoms with van der Waals surface area (Å²) in [6.45, 7) is 2.28. The summed E-state index contributed by atoms with van der Waals surface area (Å²) in [5.74, 6) is 0. The molecule has 0 aromatic heterocycles. The average Bonchev–Trinajstić information content (AvgIpc) is 2.28. The Hall–Kier alpha value is -0.0500. The first kappa shape index (κ1) is 13.4. The Kier molecular flexibility index (Phi) is 4.89. The second-order valence-electron chi connectivity index (χ2n) is 4.97. The van der Waals surface area contributed by atoms with Gasteiger partial charge in [0.25, 0.3) is 0 Å². The molecule has 1 aliphatic rings. The highest BCUT2D eigenvalue weighted by Crippen LogP contribution is 2.24. The Morgan fingerprint density at radius 1 is 1.41 bits per heavy atom. The van der Waals surface area contributed by atoms with Gasteiger partial charge in [-0.15, -0.1) is 0 Å². The van der Waals surface area contributed by atoms with Crippen LogP contribution in [0.3, 0.4) is 0 Å². The first-order chi connectivity index (χ1) is 8.15. The minimum atomic E-state index is 0.665. The standard InChI is InChI=1S/C14H19BrClN/c1-10-3-2-4-13(17-10)8-6-11-5-7-12(15)9-14(11)16/h5,7,9-10,13,17H,2-4,6,8H2,1H3. The van der Waals surface area contributed by atoms with Gasteiger partial charge in [0.05, 0.1) is 0 Å². The Labute approximate surface area is 117 Å². The van der Waals surface area contributed by atoms with E-state index < -0.39 is 0 Å². The molecule has 17 heavy (non-hydrogen) atoms. The van der Waals surface area contributed by atoms with Crippen molar-refractivity contribution in [2.45, 2.75) is 51.1 Å². The van der Waals surface area contributed by atoms with Gasteiger partial charge in [0.2, 0.25) is 0 Å². The van der Waals surface area contributed by atoms with Crippen molar-refractivity contribution in [1.82, 2.24) is 5.32 Å². The molecule has 2 atom stereocenters. The maximum atomic E-state index is 6.23. The van der Waals surface area contributed by atoms with Crippen LogP contribution >= 0.6 is 27.5 Å². The number of aryl methyl sites for hydroxylation is 1. The molecule has 0 bridgehead atoms. The number of piperidine rings is 1. The van der Waals surface area contributed by atoms with Crippen LogP contribution in [0.15, 0.2) is 22.7 Å². The van der Waals surface area contributed by atoms with Gasteiger partial charge in [0.15, 0.2) is 0 Å². The molecule has 0 aliphatic carbocycles. The number of benzene rings is 1. The Morgan fingerprint density at radius 3 is 2.94 bits per heavy atom. The first-order valence-electron chi connectivity index (χ1n) is 6.35. The third-order valence-corrected chi connectivity index (χ3v) is 4.33. The van der Waals surface area contributed by atoms with Crippen molar-refractivity contribution >= 4 is 27.5 Å². The fourth-order valence-corrected chi connectivity index (χ4v) is 3.29. The topological polar surface area (TPSA) is 12.0 Å². The molecule has 0 saturated carbocycles. The minimum absolute atomic E-state index is 0.665. The van der Waals surface area contributed by atoms with Crippen molar-refractivity contribution < 1.29 is 0 Å². The highest BCUT2D eigenvalue weighted by molar-refractivity contribution is 9.10. The number of halogens is 2. The number of nitrogens with one attached hydrogen (secondary N) is 1. The molecule has 0 spiro atoms. The fourth-order valence-electron chi connectivity index (χ4n) is 2.52. The highest BCUT2D eigenvalue weighted by Gasteiger charge is 2.17. The van der Waals surface area contributed by atoms with Crippen molar-refractivity contribution in [2.24, 2.45) is 0 Å². The lowest BCUT2D eigenvalue weighted by Crippen LogP contribution is -2.40. The Bertz CT molecular complexity index is 380. The van der Waals surface area contributed by atoms with Gasteiger partial charge in [-0.25, -0.2) is 0 Å². The molecule has 1 aromatic carbocycles. The summed E-state index contributed by atoms with van der Waals surface area (Å²) in [6, 6.07) is 7.51. The molecule has 1 N–H and O–H groups in total. The summed E-state index contributed by atoms with van der Waals surface area (Å²) in [4.78, 5) is 0. The minimum Gasteiger partial charge on any atom is -0.311 e. The lowest BCUT2D eigenvalue weighted by molar-refractivity contribution is 0.322. The Balaban J connectivity index is 1.88. The molecule has 0 amide bonds. The molecule has 1 aliphatic heterocycles. The fraction of sp³-hybridized carbons (Fsp3) is 0.571. The Morgan fingerprint density at radius 2 is 2.24 bits per heavy atom. The molecule has 2 unspecified atom stereocenters. The van der Waals surface area contributed by atoms with E-state index in [1.807, 2.05) is 6.07 Å². The lowest BCUT2D eigenvalue weighted by atomic mass is 9.95. The number of hydrogen-bond donors (Lipinski definition) is 1. The predicted molar refractivity (Wildman–Crippen MR) is 77.7 cm³/mol. The van der Waals surface area contributed by atoms with E-state index in [1.165, 1.54) is 31.2 Å². The van der Waals surface area contributed by atoms with Crippen LogP contribution in [0.2, 0.25) is 5.02 Å². The summed E-state index contributed by atoms with van der Waals surface area (Å²) >= 11 is 9.66. The van der Waals surface area contributed by atoms with Crippen molar-refractivity contribution in [2.75, 3.05) is 0 Å². The normalized spacial score (nSPS) is 24.9. The van der Waals surface area contributed by atoms with Gasteiger partial charge in [0, 0.05) is 21.6 Å². The van der Waals surface area contributed by atoms with Crippen molar-refractivity contribution in [3.8, 4) is 0 Å². The smallest absolute Gasteiger partial charge is 0.0449 e. The second kappa shape index (κ2) is 6.21. The van der Waals surface area contributed by atoms with Crippen LogP contribution in [-0.4, -0.2) is 12.1 Å². The molecule has 1 nitrogen and oxygen atoms in total. The zero-order chi connectivity index (χ0) is 12.3. The maximum absolute atomic E-state index is 6.23. The van der Waals surface area contributed by atoms with E-state index in [9.17, 15) is 0 Å². The third kappa shape index (κ3) is 3.97. The quantitative estimate of drug-likeness (QED) is 0.861. The average molecular weight is 317 g/mol. The van der Waals surface area contributed by atoms with E-state index in [0.29, 0.717) is 12.1 Å². The molecule has 1 heterocycles. The predicted octanol–water partition coefficient (Wildman–Crippen LogP) is 4.57. The summed E-state index contributed by atoms with van der Waals surface area (Å²) in [7, 11) is 0. The van der Waals surface area contributed by atoms with Gasteiger partial charge in [-0.05, 0) is 50.3 Å². The van der Waals surface area contributed by atoms with Crippen molar-refractivity contribution in [3.63, 3.8) is 0 Å². The highest BCUT2D eigenvalue weighted by atomic mass is 79.9. The molecule has 1 fully saturated rings. The van der Waals surface area contributed by atoms with Crippen LogP contribution in [0.1, 0.15) is 38.2 Å².